The van der Waals surface area contributed by atoms with Crippen LogP contribution in [0, 0.1) is 5.41 Å². The van der Waals surface area contributed by atoms with Gasteiger partial charge in [0.25, 0.3) is 5.91 Å². The minimum absolute atomic E-state index is 0.00971. The Kier molecular flexibility index (Phi) is 6.94. The van der Waals surface area contributed by atoms with Crippen molar-refractivity contribution >= 4 is 45.2 Å². The number of aromatic nitrogens is 3. The highest BCUT2D eigenvalue weighted by Crippen LogP contribution is 2.39. The van der Waals surface area contributed by atoms with Crippen LogP contribution in [-0.2, 0) is 4.74 Å². The van der Waals surface area contributed by atoms with Crippen molar-refractivity contribution in [3.05, 3.63) is 53.9 Å². The average molecular weight is 543 g/mol. The van der Waals surface area contributed by atoms with E-state index in [0.29, 0.717) is 48.9 Å². The van der Waals surface area contributed by atoms with E-state index in [1.165, 1.54) is 6.21 Å². The van der Waals surface area contributed by atoms with Gasteiger partial charge in [0.05, 0.1) is 29.0 Å². The second kappa shape index (κ2) is 10.7. The number of amides is 1. The Hall–Kier alpha value is -3.93. The van der Waals surface area contributed by atoms with Crippen molar-refractivity contribution < 1.29 is 9.53 Å². The summed E-state index contributed by atoms with van der Waals surface area (Å²) in [6, 6.07) is 9.48. The standard InChI is InChI=1S/C28H30N8O2S/c1-34-5-7-36(8-6-34)28(37)19-13-18(16-31-17-19)24-14-23-25(39-24)27(35-9-11-38-12-10-35)33-26(32-23)20-3-2-4-22(30)21(20)15-29/h2-4,13-17,29H,5-12,30H2,1H3. The molecular formula is C28H30N8O2S. The molecule has 4 aromatic rings. The number of likely N-dealkylation sites (N-methyl/N-ethyl adjacent to an activating group) is 1. The molecule has 0 saturated carbocycles. The fourth-order valence-corrected chi connectivity index (χ4v) is 6.09. The number of anilines is 2. The molecule has 3 aromatic heterocycles. The number of rotatable bonds is 5. The van der Waals surface area contributed by atoms with Crippen molar-refractivity contribution in [3.8, 4) is 21.8 Å². The van der Waals surface area contributed by atoms with Crippen LogP contribution >= 0.6 is 11.3 Å². The van der Waals surface area contributed by atoms with E-state index in [1.54, 1.807) is 29.8 Å². The molecule has 0 atom stereocenters. The molecule has 6 rings (SSSR count). The molecule has 2 fully saturated rings. The number of carbonyl (C=O) groups is 1. The van der Waals surface area contributed by atoms with Gasteiger partial charge in [-0.2, -0.15) is 0 Å². The molecule has 0 unspecified atom stereocenters. The Balaban J connectivity index is 1.42. The third-order valence-electron chi connectivity index (χ3n) is 7.25. The number of carbonyl (C=O) groups excluding carboxylic acids is 1. The van der Waals surface area contributed by atoms with Crippen molar-refractivity contribution in [2.75, 3.05) is 70.2 Å². The van der Waals surface area contributed by atoms with Crippen LogP contribution in [0.25, 0.3) is 32.0 Å². The second-order valence-electron chi connectivity index (χ2n) is 9.81. The lowest BCUT2D eigenvalue weighted by atomic mass is 10.1. The molecule has 1 aromatic carbocycles. The zero-order valence-corrected chi connectivity index (χ0v) is 22.6. The summed E-state index contributed by atoms with van der Waals surface area (Å²) in [5.41, 5.74) is 10.3. The van der Waals surface area contributed by atoms with Gasteiger partial charge in [-0.05, 0) is 25.2 Å². The highest BCUT2D eigenvalue weighted by atomic mass is 32.1. The Bertz CT molecular complexity index is 1540. The van der Waals surface area contributed by atoms with E-state index in [2.05, 4.69) is 21.8 Å². The van der Waals surface area contributed by atoms with Gasteiger partial charge in [0.2, 0.25) is 0 Å². The largest absolute Gasteiger partial charge is 0.398 e. The highest BCUT2D eigenvalue weighted by molar-refractivity contribution is 7.22. The topological polar surface area (TPSA) is 125 Å². The first-order valence-corrected chi connectivity index (χ1v) is 13.8. The monoisotopic (exact) mass is 542 g/mol. The summed E-state index contributed by atoms with van der Waals surface area (Å²) in [6.07, 6.45) is 4.69. The molecule has 5 heterocycles. The number of thiophene rings is 1. The summed E-state index contributed by atoms with van der Waals surface area (Å²) in [5, 5.41) is 7.92. The summed E-state index contributed by atoms with van der Waals surface area (Å²) >= 11 is 1.60. The first-order chi connectivity index (χ1) is 19.0. The van der Waals surface area contributed by atoms with E-state index in [0.717, 1.165) is 58.2 Å². The van der Waals surface area contributed by atoms with Gasteiger partial charge in [0.15, 0.2) is 11.6 Å². The molecule has 0 radical (unpaired) electrons. The van der Waals surface area contributed by atoms with Crippen LogP contribution in [0.3, 0.4) is 0 Å². The Morgan fingerprint density at radius 3 is 2.64 bits per heavy atom. The maximum Gasteiger partial charge on any atom is 0.255 e. The van der Waals surface area contributed by atoms with Crippen LogP contribution in [0.5, 0.6) is 0 Å². The fraction of sp³-hybridized carbons (Fsp3) is 0.321. The van der Waals surface area contributed by atoms with Crippen LogP contribution in [0.15, 0.2) is 42.7 Å². The van der Waals surface area contributed by atoms with Gasteiger partial charge in [-0.3, -0.25) is 9.78 Å². The van der Waals surface area contributed by atoms with E-state index in [9.17, 15) is 4.79 Å². The molecule has 2 saturated heterocycles. The van der Waals surface area contributed by atoms with Crippen molar-refractivity contribution in [1.82, 2.24) is 24.8 Å². The zero-order valence-electron chi connectivity index (χ0n) is 21.8. The third-order valence-corrected chi connectivity index (χ3v) is 8.42. The Labute approximate surface area is 230 Å². The van der Waals surface area contributed by atoms with Crippen LogP contribution in [-0.4, -0.2) is 96.4 Å². The second-order valence-corrected chi connectivity index (χ2v) is 10.9. The van der Waals surface area contributed by atoms with E-state index in [4.69, 9.17) is 25.8 Å². The van der Waals surface area contributed by atoms with Gasteiger partial charge in [-0.15, -0.1) is 11.3 Å². The number of hydrogen-bond acceptors (Lipinski definition) is 10. The summed E-state index contributed by atoms with van der Waals surface area (Å²) < 4.78 is 6.56. The Morgan fingerprint density at radius 2 is 1.87 bits per heavy atom. The number of nitrogens with zero attached hydrogens (tertiary/aromatic N) is 6. The molecule has 2 aliphatic heterocycles. The molecular weight excluding hydrogens is 512 g/mol. The number of fused-ring (bicyclic) bond motifs is 1. The predicted octanol–water partition coefficient (Wildman–Crippen LogP) is 3.22. The first-order valence-electron chi connectivity index (χ1n) is 13.0. The van der Waals surface area contributed by atoms with Gasteiger partial charge < -0.3 is 30.6 Å². The molecule has 0 bridgehead atoms. The molecule has 0 spiro atoms. The SMILES string of the molecule is CN1CCN(C(=O)c2cncc(-c3cc4nc(-c5cccc(N)c5C=N)nc(N5CCOCC5)c4s3)c2)CC1. The maximum absolute atomic E-state index is 13.2. The third kappa shape index (κ3) is 4.96. The minimum Gasteiger partial charge on any atom is -0.398 e. The van der Waals surface area contributed by atoms with Crippen molar-refractivity contribution in [1.29, 1.82) is 5.41 Å². The van der Waals surface area contributed by atoms with Crippen LogP contribution in [0.2, 0.25) is 0 Å². The van der Waals surface area contributed by atoms with Crippen LogP contribution < -0.4 is 10.6 Å². The molecule has 200 valence electrons. The van der Waals surface area contributed by atoms with Crippen LogP contribution in [0.1, 0.15) is 15.9 Å². The number of benzene rings is 1. The van der Waals surface area contributed by atoms with E-state index in [1.807, 2.05) is 29.2 Å². The van der Waals surface area contributed by atoms with Crippen molar-refractivity contribution in [3.63, 3.8) is 0 Å². The molecule has 3 N–H and O–H groups in total. The summed E-state index contributed by atoms with van der Waals surface area (Å²) in [7, 11) is 2.07. The highest BCUT2D eigenvalue weighted by Gasteiger charge is 2.24. The molecule has 10 nitrogen and oxygen atoms in total. The summed E-state index contributed by atoms with van der Waals surface area (Å²) in [6.45, 7) is 5.87. The van der Waals surface area contributed by atoms with E-state index in [-0.39, 0.29) is 5.91 Å². The molecule has 2 aliphatic rings. The van der Waals surface area contributed by atoms with E-state index < -0.39 is 0 Å². The smallest absolute Gasteiger partial charge is 0.255 e. The van der Waals surface area contributed by atoms with Gasteiger partial charge in [0, 0.05) is 85.1 Å². The number of nitrogens with two attached hydrogens (primary N) is 1. The van der Waals surface area contributed by atoms with E-state index >= 15 is 0 Å². The number of morpholine rings is 1. The lowest BCUT2D eigenvalue weighted by Crippen LogP contribution is -2.47. The normalized spacial score (nSPS) is 16.5. The van der Waals surface area contributed by atoms with Gasteiger partial charge >= 0.3 is 0 Å². The predicted molar refractivity (Wildman–Crippen MR) is 155 cm³/mol. The average Bonchev–Trinajstić information content (AvgIpc) is 3.41. The number of nitrogen functional groups attached to an aromatic ring is 1. The number of piperazine rings is 1. The zero-order chi connectivity index (χ0) is 26.9. The molecule has 39 heavy (non-hydrogen) atoms. The molecule has 11 heteroatoms. The van der Waals surface area contributed by atoms with Crippen molar-refractivity contribution in [2.45, 2.75) is 0 Å². The van der Waals surface area contributed by atoms with Gasteiger partial charge in [-0.25, -0.2) is 9.97 Å². The van der Waals surface area contributed by atoms with Gasteiger partial charge in [-0.1, -0.05) is 12.1 Å². The minimum atomic E-state index is 0.00971. The lowest BCUT2D eigenvalue weighted by molar-refractivity contribution is 0.0663. The summed E-state index contributed by atoms with van der Waals surface area (Å²) in [5.74, 6) is 1.37. The summed E-state index contributed by atoms with van der Waals surface area (Å²) in [4.78, 5) is 34.9. The fourth-order valence-electron chi connectivity index (χ4n) is 4.99. The lowest BCUT2D eigenvalue weighted by Gasteiger charge is -2.32. The number of nitrogens with one attached hydrogen (secondary N) is 1. The number of pyridine rings is 1. The van der Waals surface area contributed by atoms with Crippen molar-refractivity contribution in [2.24, 2.45) is 0 Å². The first kappa shape index (κ1) is 25.4. The maximum atomic E-state index is 13.2. The molecule has 0 aliphatic carbocycles. The quantitative estimate of drug-likeness (QED) is 0.291. The molecule has 1 amide bonds. The van der Waals surface area contributed by atoms with Crippen LogP contribution in [0.4, 0.5) is 11.5 Å². The number of hydrogen-bond donors (Lipinski definition) is 2. The van der Waals surface area contributed by atoms with Gasteiger partial charge in [0.1, 0.15) is 0 Å². The Morgan fingerprint density at radius 1 is 1.08 bits per heavy atom. The number of ether oxygens (including phenoxy) is 1.